The molecule has 1 aromatic heterocycles. The maximum absolute atomic E-state index is 14.2. The van der Waals surface area contributed by atoms with E-state index in [1.54, 1.807) is 24.3 Å². The summed E-state index contributed by atoms with van der Waals surface area (Å²) in [5.74, 6) is 0.00877. The lowest BCUT2D eigenvalue weighted by molar-refractivity contribution is -0.137. The molecular weight excluding hydrogens is 449 g/mol. The molecule has 1 heterocycles. The number of fused-ring (bicyclic) bond motifs is 1. The molecule has 8 heteroatoms. The van der Waals surface area contributed by atoms with E-state index in [9.17, 15) is 14.0 Å². The molecule has 0 bridgehead atoms. The van der Waals surface area contributed by atoms with Crippen molar-refractivity contribution in [2.24, 2.45) is 0 Å². The zero-order chi connectivity index (χ0) is 24.8. The second-order valence-corrected chi connectivity index (χ2v) is 8.69. The van der Waals surface area contributed by atoms with Crippen LogP contribution in [0.1, 0.15) is 59.3 Å². The highest BCUT2D eigenvalue weighted by molar-refractivity contribution is 5.94. The van der Waals surface area contributed by atoms with E-state index >= 15 is 0 Å². The first-order valence-electron chi connectivity index (χ1n) is 11.7. The monoisotopic (exact) mass is 477 g/mol. The summed E-state index contributed by atoms with van der Waals surface area (Å²) in [7, 11) is 0. The number of Topliss-reactive ketones (excluding diaryl/α,β-unsaturated/α-hetero) is 1. The van der Waals surface area contributed by atoms with Gasteiger partial charge in [0.25, 0.3) is 0 Å². The largest absolute Gasteiger partial charge is 0.494 e. The quantitative estimate of drug-likeness (QED) is 0.309. The van der Waals surface area contributed by atoms with Crippen LogP contribution in [0.5, 0.6) is 5.75 Å². The minimum Gasteiger partial charge on any atom is -0.494 e. The number of benzene rings is 2. The lowest BCUT2D eigenvalue weighted by atomic mass is 9.98. The number of nitrogens with zero attached hydrogens (tertiary/aromatic N) is 2. The molecule has 0 fully saturated rings. The third-order valence-corrected chi connectivity index (χ3v) is 6.16. The van der Waals surface area contributed by atoms with Crippen molar-refractivity contribution >= 4 is 11.8 Å². The molecule has 0 unspecified atom stereocenters. The summed E-state index contributed by atoms with van der Waals surface area (Å²) in [5, 5.41) is 12.2. The van der Waals surface area contributed by atoms with E-state index in [1.165, 1.54) is 6.92 Å². The molecule has 0 saturated heterocycles. The van der Waals surface area contributed by atoms with E-state index in [4.69, 9.17) is 9.84 Å². The first-order valence-corrected chi connectivity index (χ1v) is 11.7. The van der Waals surface area contributed by atoms with Gasteiger partial charge in [-0.15, -0.1) is 0 Å². The molecule has 0 aliphatic heterocycles. The fourth-order valence-corrected chi connectivity index (χ4v) is 4.31. The smallest absolute Gasteiger partial charge is 0.303 e. The van der Waals surface area contributed by atoms with Crippen molar-refractivity contribution in [2.75, 3.05) is 13.2 Å². The van der Waals surface area contributed by atoms with Crippen LogP contribution in [-0.4, -0.2) is 40.0 Å². The number of aromatic nitrogens is 2. The summed E-state index contributed by atoms with van der Waals surface area (Å²) < 4.78 is 20.0. The number of hydrogen-bond donors (Lipinski definition) is 2. The molecule has 1 atom stereocenters. The number of hydrogen-bond acceptors (Lipinski definition) is 6. The van der Waals surface area contributed by atoms with E-state index in [1.807, 2.05) is 18.2 Å². The van der Waals surface area contributed by atoms with Gasteiger partial charge in [0, 0.05) is 17.7 Å². The van der Waals surface area contributed by atoms with Crippen molar-refractivity contribution in [1.29, 1.82) is 0 Å². The van der Waals surface area contributed by atoms with Crippen LogP contribution in [0.2, 0.25) is 0 Å². The Balaban J connectivity index is 1.23. The van der Waals surface area contributed by atoms with Gasteiger partial charge in [0.05, 0.1) is 24.9 Å². The summed E-state index contributed by atoms with van der Waals surface area (Å²) in [5.41, 5.74) is 3.87. The van der Waals surface area contributed by atoms with E-state index in [2.05, 4.69) is 15.3 Å². The zero-order valence-corrected chi connectivity index (χ0v) is 19.6. The zero-order valence-electron chi connectivity index (χ0n) is 19.6. The molecule has 0 saturated carbocycles. The number of nitrogens with one attached hydrogen (secondary N) is 1. The topological polar surface area (TPSA) is 101 Å². The molecule has 3 aromatic rings. The Morgan fingerprint density at radius 1 is 1.20 bits per heavy atom. The van der Waals surface area contributed by atoms with Gasteiger partial charge in [0.15, 0.2) is 17.4 Å². The van der Waals surface area contributed by atoms with Crippen LogP contribution in [0, 0.1) is 5.82 Å². The van der Waals surface area contributed by atoms with E-state index in [0.717, 1.165) is 42.3 Å². The predicted molar refractivity (Wildman–Crippen MR) is 129 cm³/mol. The summed E-state index contributed by atoms with van der Waals surface area (Å²) >= 11 is 0. The molecule has 2 aromatic carbocycles. The van der Waals surface area contributed by atoms with Crippen molar-refractivity contribution in [3.8, 4) is 17.1 Å². The molecule has 2 N–H and O–H groups in total. The van der Waals surface area contributed by atoms with Crippen LogP contribution >= 0.6 is 0 Å². The summed E-state index contributed by atoms with van der Waals surface area (Å²) in [6.07, 6.45) is 3.79. The molecule has 1 aliphatic carbocycles. The van der Waals surface area contributed by atoms with Crippen molar-refractivity contribution in [3.63, 3.8) is 0 Å². The van der Waals surface area contributed by atoms with Crippen molar-refractivity contribution in [1.82, 2.24) is 15.3 Å². The average molecular weight is 478 g/mol. The van der Waals surface area contributed by atoms with Gasteiger partial charge in [-0.1, -0.05) is 30.3 Å². The number of carboxylic acids is 1. The van der Waals surface area contributed by atoms with Crippen molar-refractivity contribution < 1.29 is 23.8 Å². The summed E-state index contributed by atoms with van der Waals surface area (Å²) in [4.78, 5) is 30.9. The number of carboxylic acid groups (broad SMARTS) is 1. The van der Waals surface area contributed by atoms with Crippen LogP contribution in [0.4, 0.5) is 4.39 Å². The number of halogens is 1. The number of aryl methyl sites for hydroxylation is 1. The number of carbonyl (C=O) groups excluding carboxylic acids is 1. The first-order chi connectivity index (χ1) is 16.9. The molecule has 0 spiro atoms. The highest BCUT2D eigenvalue weighted by Crippen LogP contribution is 2.37. The molecule has 0 amide bonds. The van der Waals surface area contributed by atoms with E-state index in [0.29, 0.717) is 30.1 Å². The Bertz CT molecular complexity index is 1210. The Labute approximate surface area is 203 Å². The molecule has 4 rings (SSSR count). The molecule has 35 heavy (non-hydrogen) atoms. The van der Waals surface area contributed by atoms with Gasteiger partial charge in [-0.05, 0) is 61.9 Å². The lowest BCUT2D eigenvalue weighted by Gasteiger charge is -2.11. The molecule has 182 valence electrons. The summed E-state index contributed by atoms with van der Waals surface area (Å²) in [6, 6.07) is 12.8. The van der Waals surface area contributed by atoms with Gasteiger partial charge in [-0.3, -0.25) is 9.59 Å². The number of ether oxygens (including phenoxy) is 1. The average Bonchev–Trinajstić information content (AvgIpc) is 3.23. The standard InChI is InChI=1S/C27H28FN3O4/c1-17(32)18-3-5-19(6-4-18)27-30-15-24(28)25(31-27)16-29-11-2-12-35-22-9-10-23-20(13-22)7-8-21(23)14-26(33)34/h3-6,9-10,13,15,21,29H,2,7-8,11-12,14,16H2,1H3,(H,33,34)/t21-/m0/s1. The van der Waals surface area contributed by atoms with Gasteiger partial charge in [0.1, 0.15) is 5.75 Å². The van der Waals surface area contributed by atoms with Crippen molar-refractivity contribution in [2.45, 2.75) is 45.1 Å². The Morgan fingerprint density at radius 3 is 2.74 bits per heavy atom. The SMILES string of the molecule is CC(=O)c1ccc(-c2ncc(F)c(CNCCCOc3ccc4c(c3)CC[C@H]4CC(=O)O)n2)cc1. The second kappa shape index (κ2) is 11.2. The number of aliphatic carboxylic acids is 1. The van der Waals surface area contributed by atoms with Crippen LogP contribution in [0.25, 0.3) is 11.4 Å². The maximum atomic E-state index is 14.2. The van der Waals surface area contributed by atoms with E-state index in [-0.39, 0.29) is 30.4 Å². The van der Waals surface area contributed by atoms with Gasteiger partial charge in [0.2, 0.25) is 0 Å². The molecule has 1 aliphatic rings. The Kier molecular flexibility index (Phi) is 7.82. The third-order valence-electron chi connectivity index (χ3n) is 6.16. The van der Waals surface area contributed by atoms with Gasteiger partial charge < -0.3 is 15.2 Å². The summed E-state index contributed by atoms with van der Waals surface area (Å²) in [6.45, 7) is 2.89. The van der Waals surface area contributed by atoms with Gasteiger partial charge in [-0.25, -0.2) is 14.4 Å². The van der Waals surface area contributed by atoms with Crippen LogP contribution < -0.4 is 10.1 Å². The number of carbonyl (C=O) groups is 2. The predicted octanol–water partition coefficient (Wildman–Crippen LogP) is 4.55. The van der Waals surface area contributed by atoms with Crippen LogP contribution in [0.15, 0.2) is 48.7 Å². The minimum absolute atomic E-state index is 0.0222. The first kappa shape index (κ1) is 24.5. The molecule has 0 radical (unpaired) electrons. The molecular formula is C27H28FN3O4. The minimum atomic E-state index is -0.767. The molecule has 7 nitrogen and oxygen atoms in total. The van der Waals surface area contributed by atoms with Gasteiger partial charge in [-0.2, -0.15) is 0 Å². The van der Waals surface area contributed by atoms with Crippen LogP contribution in [0.3, 0.4) is 0 Å². The Morgan fingerprint density at radius 2 is 2.00 bits per heavy atom. The van der Waals surface area contributed by atoms with Crippen LogP contribution in [-0.2, 0) is 17.8 Å². The maximum Gasteiger partial charge on any atom is 0.303 e. The fourth-order valence-electron chi connectivity index (χ4n) is 4.31. The van der Waals surface area contributed by atoms with Crippen molar-refractivity contribution in [3.05, 3.63) is 76.9 Å². The number of rotatable bonds is 11. The number of ketones is 1. The van der Waals surface area contributed by atoms with Gasteiger partial charge >= 0.3 is 5.97 Å². The Hall–Kier alpha value is -3.65. The fraction of sp³-hybridized carbons (Fsp3) is 0.333. The second-order valence-electron chi connectivity index (χ2n) is 8.69. The third kappa shape index (κ3) is 6.27. The normalized spacial score (nSPS) is 14.5. The highest BCUT2D eigenvalue weighted by Gasteiger charge is 2.24. The highest BCUT2D eigenvalue weighted by atomic mass is 19.1. The lowest BCUT2D eigenvalue weighted by Crippen LogP contribution is -2.19. The van der Waals surface area contributed by atoms with E-state index < -0.39 is 11.8 Å².